The zero-order valence-corrected chi connectivity index (χ0v) is 17.5. The first-order valence-corrected chi connectivity index (χ1v) is 9.19. The molecule has 0 amide bonds. The Hall–Kier alpha value is -3.00. The maximum atomic E-state index is 11.3. The molecule has 3 N–H and O–H groups in total. The van der Waals surface area contributed by atoms with Crippen LogP contribution in [0, 0.1) is 0 Å². The topological polar surface area (TPSA) is 124 Å². The first kappa shape index (κ1) is 24.0. The van der Waals surface area contributed by atoms with Gasteiger partial charge in [-0.3, -0.25) is 14.4 Å². The van der Waals surface area contributed by atoms with Crippen LogP contribution in [-0.2, 0) is 14.3 Å². The van der Waals surface area contributed by atoms with Gasteiger partial charge in [0.1, 0.15) is 24.2 Å². The summed E-state index contributed by atoms with van der Waals surface area (Å²) in [6, 6.07) is 10.1. The molecule has 0 spiro atoms. The van der Waals surface area contributed by atoms with Gasteiger partial charge >= 0.3 is 5.97 Å². The van der Waals surface area contributed by atoms with Crippen molar-refractivity contribution in [2.75, 3.05) is 6.61 Å². The molecule has 1 aromatic carbocycles. The van der Waals surface area contributed by atoms with E-state index >= 15 is 0 Å². The summed E-state index contributed by atoms with van der Waals surface area (Å²) >= 11 is 0. The number of benzene rings is 1. The summed E-state index contributed by atoms with van der Waals surface area (Å²) in [5.41, 5.74) is 6.28. The minimum absolute atomic E-state index is 0. The summed E-state index contributed by atoms with van der Waals surface area (Å²) < 4.78 is 10.8. The molecule has 0 aliphatic carbocycles. The number of hydrogen-bond donors (Lipinski definition) is 2. The highest BCUT2D eigenvalue weighted by Gasteiger charge is 2.17. The summed E-state index contributed by atoms with van der Waals surface area (Å²) in [5.74, 6) is -0.0568. The number of ketones is 1. The van der Waals surface area contributed by atoms with Crippen molar-refractivity contribution in [3.63, 3.8) is 0 Å². The maximum absolute atomic E-state index is 11.3. The van der Waals surface area contributed by atoms with E-state index in [0.29, 0.717) is 17.0 Å². The van der Waals surface area contributed by atoms with E-state index in [1.54, 1.807) is 24.3 Å². The Morgan fingerprint density at radius 2 is 1.76 bits per heavy atom. The second-order valence-electron chi connectivity index (χ2n) is 7.62. The van der Waals surface area contributed by atoms with Crippen LogP contribution < -0.4 is 16.0 Å². The largest absolute Gasteiger partial charge is 0.489 e. The highest BCUT2D eigenvalue weighted by atomic mass is 16.6. The molecule has 0 saturated heterocycles. The molecule has 0 aliphatic rings. The van der Waals surface area contributed by atoms with Crippen molar-refractivity contribution in [2.45, 2.75) is 52.7 Å². The molecule has 0 bridgehead atoms. The predicted molar refractivity (Wildman–Crippen MR) is 111 cm³/mol. The van der Waals surface area contributed by atoms with Gasteiger partial charge in [0.15, 0.2) is 0 Å². The van der Waals surface area contributed by atoms with Gasteiger partial charge in [-0.15, -0.1) is 0 Å². The normalized spacial score (nSPS) is 11.7. The van der Waals surface area contributed by atoms with Gasteiger partial charge in [-0.05, 0) is 45.9 Å². The van der Waals surface area contributed by atoms with Crippen LogP contribution in [0.1, 0.15) is 41.0 Å². The summed E-state index contributed by atoms with van der Waals surface area (Å²) in [4.78, 5) is 33.5. The molecule has 0 saturated carbocycles. The van der Waals surface area contributed by atoms with Crippen LogP contribution in [0.3, 0.4) is 0 Å². The number of nitrogens with two attached hydrogens (primary N) is 1. The number of carbonyl (C=O) groups is 2. The van der Waals surface area contributed by atoms with E-state index in [1.807, 2.05) is 26.8 Å². The van der Waals surface area contributed by atoms with Crippen molar-refractivity contribution in [2.24, 2.45) is 5.73 Å². The fourth-order valence-corrected chi connectivity index (χ4v) is 2.17. The number of rotatable bonds is 7. The number of para-hydroxylation sites is 1. The maximum Gasteiger partial charge on any atom is 0.303 e. The van der Waals surface area contributed by atoms with E-state index in [-0.39, 0.29) is 29.9 Å². The minimum atomic E-state index is -0.656. The van der Waals surface area contributed by atoms with Crippen LogP contribution in [0.15, 0.2) is 41.2 Å². The van der Waals surface area contributed by atoms with E-state index in [9.17, 15) is 14.4 Å². The highest BCUT2D eigenvalue weighted by Crippen LogP contribution is 2.27. The lowest BCUT2D eigenvalue weighted by molar-refractivity contribution is -0.149. The average Bonchev–Trinajstić information content (AvgIpc) is 2.58. The Bertz CT molecular complexity index is 829. The van der Waals surface area contributed by atoms with Crippen LogP contribution in [0.25, 0.3) is 11.3 Å². The number of H-pyrrole nitrogens is 1. The van der Waals surface area contributed by atoms with Crippen LogP contribution in [-0.4, -0.2) is 40.2 Å². The molecule has 8 heteroatoms. The van der Waals surface area contributed by atoms with Gasteiger partial charge in [0.25, 0.3) is 5.56 Å². The number of esters is 1. The summed E-state index contributed by atoms with van der Waals surface area (Å²) in [6.45, 7) is 8.65. The molecule has 0 aliphatic heterocycles. The van der Waals surface area contributed by atoms with E-state index in [4.69, 9.17) is 15.2 Å². The standard InChI is InChI=1S/C17H18N2O5.C4H11N/c1-11(20)9-13(24-12(2)21)10-23-16-6-4-3-5-14(16)15-7-8-17(22)19-18-15;1-4(2,3)5/h3-8,13H,9-10H2,1-2H3,(H,19,22);5H2,1-3H3. The van der Waals surface area contributed by atoms with Gasteiger partial charge in [-0.2, -0.15) is 5.10 Å². The Labute approximate surface area is 170 Å². The van der Waals surface area contributed by atoms with Crippen LogP contribution in [0.4, 0.5) is 0 Å². The monoisotopic (exact) mass is 403 g/mol. The van der Waals surface area contributed by atoms with E-state index in [1.165, 1.54) is 19.9 Å². The predicted octanol–water partition coefficient (Wildman–Crippen LogP) is 2.47. The third kappa shape index (κ3) is 10.8. The second-order valence-corrected chi connectivity index (χ2v) is 7.62. The third-order valence-corrected chi connectivity index (χ3v) is 3.11. The average molecular weight is 403 g/mol. The fraction of sp³-hybridized carbons (Fsp3) is 0.429. The molecule has 1 aromatic heterocycles. The lowest BCUT2D eigenvalue weighted by Gasteiger charge is -2.18. The van der Waals surface area contributed by atoms with Gasteiger partial charge in [0.2, 0.25) is 0 Å². The third-order valence-electron chi connectivity index (χ3n) is 3.11. The molecule has 0 fully saturated rings. The second kappa shape index (κ2) is 11.1. The molecule has 2 rings (SSSR count). The molecule has 2 aromatic rings. The molecule has 1 atom stereocenters. The molecule has 1 heterocycles. The minimum Gasteiger partial charge on any atom is -0.489 e. The number of aromatic nitrogens is 2. The Morgan fingerprint density at radius 1 is 1.14 bits per heavy atom. The Morgan fingerprint density at radius 3 is 2.28 bits per heavy atom. The van der Waals surface area contributed by atoms with Crippen molar-refractivity contribution in [1.82, 2.24) is 10.2 Å². The van der Waals surface area contributed by atoms with Crippen molar-refractivity contribution < 1.29 is 19.1 Å². The number of carbonyl (C=O) groups excluding carboxylic acids is 2. The molecular formula is C21H29N3O5. The number of nitrogens with one attached hydrogen (secondary N) is 1. The van der Waals surface area contributed by atoms with Crippen molar-refractivity contribution in [3.05, 3.63) is 46.8 Å². The smallest absolute Gasteiger partial charge is 0.303 e. The molecule has 1 unspecified atom stereocenters. The number of aromatic amines is 1. The summed E-state index contributed by atoms with van der Waals surface area (Å²) in [6.07, 6.45) is -0.574. The zero-order chi connectivity index (χ0) is 22.0. The Balaban J connectivity index is 0.000000749. The SMILES string of the molecule is CC(=O)CC(COc1ccccc1-c1ccc(=O)[nH]n1)OC(C)=O.CC(C)(C)N. The highest BCUT2D eigenvalue weighted by molar-refractivity contribution is 5.76. The molecule has 158 valence electrons. The van der Waals surface area contributed by atoms with Crippen molar-refractivity contribution >= 4 is 11.8 Å². The number of ether oxygens (including phenoxy) is 2. The number of nitrogens with zero attached hydrogens (tertiary/aromatic N) is 1. The fourth-order valence-electron chi connectivity index (χ4n) is 2.17. The van der Waals surface area contributed by atoms with E-state index in [2.05, 4.69) is 10.2 Å². The molecular weight excluding hydrogens is 374 g/mol. The first-order valence-electron chi connectivity index (χ1n) is 9.19. The van der Waals surface area contributed by atoms with Crippen LogP contribution in [0.2, 0.25) is 0 Å². The van der Waals surface area contributed by atoms with Gasteiger partial charge in [-0.25, -0.2) is 5.10 Å². The Kier molecular flexibility index (Phi) is 9.21. The molecule has 29 heavy (non-hydrogen) atoms. The summed E-state index contributed by atoms with van der Waals surface area (Å²) in [7, 11) is 0. The van der Waals surface area contributed by atoms with E-state index in [0.717, 1.165) is 0 Å². The van der Waals surface area contributed by atoms with Gasteiger partial charge in [0, 0.05) is 30.5 Å². The summed E-state index contributed by atoms with van der Waals surface area (Å²) in [5, 5.41) is 6.34. The van der Waals surface area contributed by atoms with Crippen LogP contribution >= 0.6 is 0 Å². The van der Waals surface area contributed by atoms with Gasteiger partial charge in [0.05, 0.1) is 5.69 Å². The lowest BCUT2D eigenvalue weighted by Crippen LogP contribution is -2.26. The zero-order valence-electron chi connectivity index (χ0n) is 17.5. The number of Topliss-reactive ketones (excluding diaryl/α,β-unsaturated/α-hetero) is 1. The van der Waals surface area contributed by atoms with Crippen molar-refractivity contribution in [1.29, 1.82) is 0 Å². The molecule has 0 radical (unpaired) electrons. The quantitative estimate of drug-likeness (QED) is 0.680. The first-order chi connectivity index (χ1) is 13.5. The van der Waals surface area contributed by atoms with E-state index < -0.39 is 12.1 Å². The van der Waals surface area contributed by atoms with Gasteiger partial charge < -0.3 is 15.2 Å². The molecule has 8 nitrogen and oxygen atoms in total. The lowest BCUT2D eigenvalue weighted by atomic mass is 10.1. The van der Waals surface area contributed by atoms with Crippen molar-refractivity contribution in [3.8, 4) is 17.0 Å². The van der Waals surface area contributed by atoms with Gasteiger partial charge in [-0.1, -0.05) is 12.1 Å². The number of hydrogen-bond acceptors (Lipinski definition) is 7. The van der Waals surface area contributed by atoms with Crippen LogP contribution in [0.5, 0.6) is 5.75 Å².